The van der Waals surface area contributed by atoms with Crippen LogP contribution in [-0.4, -0.2) is 53.6 Å². The second kappa shape index (κ2) is 5.78. The first-order valence-electron chi connectivity index (χ1n) is 7.85. The van der Waals surface area contributed by atoms with Gasteiger partial charge in [-0.25, -0.2) is 4.79 Å². The molecule has 23 heavy (non-hydrogen) atoms. The van der Waals surface area contributed by atoms with Gasteiger partial charge in [0.05, 0.1) is 19.7 Å². The molecule has 3 rings (SSSR count). The highest BCUT2D eigenvalue weighted by Gasteiger charge is 2.60. The second-order valence-corrected chi connectivity index (χ2v) is 6.81. The first kappa shape index (κ1) is 16.2. The Balaban J connectivity index is 1.63. The number of amides is 1. The van der Waals surface area contributed by atoms with E-state index in [4.69, 9.17) is 14.3 Å². The topological polar surface area (TPSA) is 51.2 Å². The minimum absolute atomic E-state index is 0.00762. The lowest BCUT2D eigenvalue weighted by molar-refractivity contribution is -0.247. The van der Waals surface area contributed by atoms with Crippen molar-refractivity contribution in [1.29, 1.82) is 0 Å². The molecule has 0 unspecified atom stereocenters. The highest BCUT2D eigenvalue weighted by molar-refractivity contribution is 5.68. The van der Waals surface area contributed by atoms with Crippen LogP contribution in [0.4, 0.5) is 4.79 Å². The quantitative estimate of drug-likeness (QED) is 0.856. The van der Waals surface area contributed by atoms with Crippen LogP contribution in [0.5, 0.6) is 0 Å². The van der Waals surface area contributed by atoms with Crippen molar-refractivity contribution in [2.75, 3.05) is 20.2 Å². The van der Waals surface area contributed by atoms with E-state index in [1.54, 1.807) is 12.0 Å². The first-order chi connectivity index (χ1) is 10.9. The summed E-state index contributed by atoms with van der Waals surface area (Å²) in [7, 11) is 1.63. The molecule has 0 radical (unpaired) electrons. The molecule has 0 N–H and O–H groups in total. The highest BCUT2D eigenvalue weighted by atomic mass is 16.7. The molecule has 2 aliphatic rings. The largest absolute Gasteiger partial charge is 0.445 e. The van der Waals surface area contributed by atoms with Crippen LogP contribution in [0.1, 0.15) is 26.3 Å². The van der Waals surface area contributed by atoms with Gasteiger partial charge < -0.3 is 14.4 Å². The molecule has 0 bridgehead atoms. The Morgan fingerprint density at radius 1 is 1.30 bits per heavy atom. The lowest BCUT2D eigenvalue weighted by Gasteiger charge is -2.32. The van der Waals surface area contributed by atoms with Crippen molar-refractivity contribution in [3.63, 3.8) is 0 Å². The van der Waals surface area contributed by atoms with E-state index in [1.807, 2.05) is 56.2 Å². The highest BCUT2D eigenvalue weighted by Crippen LogP contribution is 2.43. The Morgan fingerprint density at radius 3 is 2.65 bits per heavy atom. The van der Waals surface area contributed by atoms with Crippen molar-refractivity contribution in [3.8, 4) is 0 Å². The summed E-state index contributed by atoms with van der Waals surface area (Å²) in [5.74, 6) is 0. The molecular formula is C17H24N2O4. The van der Waals surface area contributed by atoms with Crippen LogP contribution in [0.2, 0.25) is 0 Å². The van der Waals surface area contributed by atoms with E-state index in [0.717, 1.165) is 5.56 Å². The van der Waals surface area contributed by atoms with E-state index in [-0.39, 0.29) is 18.7 Å². The third-order valence-electron chi connectivity index (χ3n) is 4.56. The predicted molar refractivity (Wildman–Crippen MR) is 84.4 cm³/mol. The van der Waals surface area contributed by atoms with Crippen molar-refractivity contribution >= 4 is 6.09 Å². The molecule has 0 aromatic heterocycles. The van der Waals surface area contributed by atoms with Gasteiger partial charge in [-0.05, 0) is 26.3 Å². The maximum Gasteiger partial charge on any atom is 0.410 e. The van der Waals surface area contributed by atoms with E-state index in [2.05, 4.69) is 0 Å². The van der Waals surface area contributed by atoms with E-state index in [1.165, 1.54) is 0 Å². The molecule has 0 spiro atoms. The van der Waals surface area contributed by atoms with Crippen LogP contribution in [-0.2, 0) is 20.9 Å². The van der Waals surface area contributed by atoms with Gasteiger partial charge in [-0.1, -0.05) is 30.3 Å². The van der Waals surface area contributed by atoms with Crippen molar-refractivity contribution in [2.45, 2.75) is 44.7 Å². The molecule has 0 saturated carbocycles. The number of carbonyl (C=O) groups is 1. The van der Waals surface area contributed by atoms with Gasteiger partial charge in [0.25, 0.3) is 0 Å². The van der Waals surface area contributed by atoms with Crippen LogP contribution in [0.3, 0.4) is 0 Å². The fourth-order valence-corrected chi connectivity index (χ4v) is 3.66. The Labute approximate surface area is 136 Å². The van der Waals surface area contributed by atoms with Crippen LogP contribution in [0.25, 0.3) is 0 Å². The van der Waals surface area contributed by atoms with Crippen molar-refractivity contribution in [3.05, 3.63) is 35.9 Å². The summed E-state index contributed by atoms with van der Waals surface area (Å²) in [6.45, 7) is 7.26. The summed E-state index contributed by atoms with van der Waals surface area (Å²) in [6.07, 6.45) is -0.318. The number of nitrogens with zero attached hydrogens (tertiary/aromatic N) is 2. The third-order valence-corrected chi connectivity index (χ3v) is 4.56. The number of hydroxylamine groups is 2. The molecule has 1 amide bonds. The number of rotatable bonds is 3. The number of carbonyl (C=O) groups excluding carboxylic acids is 1. The van der Waals surface area contributed by atoms with Gasteiger partial charge in [0, 0.05) is 6.54 Å². The van der Waals surface area contributed by atoms with Gasteiger partial charge in [0.2, 0.25) is 0 Å². The molecule has 1 aromatic rings. The van der Waals surface area contributed by atoms with Gasteiger partial charge in [-0.3, -0.25) is 4.84 Å². The number of benzene rings is 1. The number of fused-ring (bicyclic) bond motifs is 1. The number of hydrogen-bond acceptors (Lipinski definition) is 5. The average Bonchev–Trinajstić information content (AvgIpc) is 2.91. The van der Waals surface area contributed by atoms with Crippen molar-refractivity contribution in [1.82, 2.24) is 9.96 Å². The normalized spacial score (nSPS) is 29.6. The van der Waals surface area contributed by atoms with Crippen LogP contribution >= 0.6 is 0 Å². The fourth-order valence-electron chi connectivity index (χ4n) is 3.66. The van der Waals surface area contributed by atoms with E-state index in [9.17, 15) is 4.79 Å². The Morgan fingerprint density at radius 2 is 2.00 bits per heavy atom. The van der Waals surface area contributed by atoms with Crippen LogP contribution in [0, 0.1) is 0 Å². The summed E-state index contributed by atoms with van der Waals surface area (Å²) >= 11 is 0. The van der Waals surface area contributed by atoms with Gasteiger partial charge in [0.1, 0.15) is 17.9 Å². The fraction of sp³-hybridized carbons (Fsp3) is 0.588. The third kappa shape index (κ3) is 2.94. The van der Waals surface area contributed by atoms with Crippen LogP contribution in [0.15, 0.2) is 30.3 Å². The monoisotopic (exact) mass is 320 g/mol. The van der Waals surface area contributed by atoms with Gasteiger partial charge in [-0.2, -0.15) is 5.06 Å². The van der Waals surface area contributed by atoms with Gasteiger partial charge in [0.15, 0.2) is 0 Å². The minimum atomic E-state index is -0.506. The zero-order valence-corrected chi connectivity index (χ0v) is 14.1. The smallest absolute Gasteiger partial charge is 0.410 e. The lowest BCUT2D eigenvalue weighted by Crippen LogP contribution is -2.46. The maximum absolute atomic E-state index is 12.3. The minimum Gasteiger partial charge on any atom is -0.445 e. The zero-order chi connectivity index (χ0) is 16.7. The Hall–Kier alpha value is -1.63. The molecule has 2 saturated heterocycles. The second-order valence-electron chi connectivity index (χ2n) is 6.81. The van der Waals surface area contributed by atoms with Crippen molar-refractivity contribution < 1.29 is 19.1 Å². The molecule has 6 nitrogen and oxygen atoms in total. The molecule has 126 valence electrons. The molecule has 2 aliphatic heterocycles. The van der Waals surface area contributed by atoms with E-state index in [0.29, 0.717) is 13.1 Å². The summed E-state index contributed by atoms with van der Waals surface area (Å²) < 4.78 is 11.6. The molecule has 2 fully saturated rings. The SMILES string of the molecule is CON1[C@H]2CN(C(=O)OCc3ccccc3)C[C@@]2(C)OC1(C)C. The van der Waals surface area contributed by atoms with Crippen LogP contribution < -0.4 is 0 Å². The molecule has 0 aliphatic carbocycles. The first-order valence-corrected chi connectivity index (χ1v) is 7.85. The molecule has 2 heterocycles. The Bertz CT molecular complexity index is 577. The standard InChI is InChI=1S/C17H24N2O4/c1-16(2)19(21-4)14-10-18(12-17(14,3)23-16)15(20)22-11-13-8-6-5-7-9-13/h5-9,14H,10-12H2,1-4H3/t14-,17+/m0/s1. The molecule has 2 atom stereocenters. The number of hydrogen-bond donors (Lipinski definition) is 0. The molecule has 1 aromatic carbocycles. The average molecular weight is 320 g/mol. The van der Waals surface area contributed by atoms with Gasteiger partial charge in [-0.15, -0.1) is 0 Å². The number of ether oxygens (including phenoxy) is 2. The lowest BCUT2D eigenvalue weighted by atomic mass is 10.0. The maximum atomic E-state index is 12.3. The Kier molecular flexibility index (Phi) is 4.08. The van der Waals surface area contributed by atoms with E-state index < -0.39 is 11.3 Å². The molecular weight excluding hydrogens is 296 g/mol. The summed E-state index contributed by atoms with van der Waals surface area (Å²) in [4.78, 5) is 19.5. The summed E-state index contributed by atoms with van der Waals surface area (Å²) in [5, 5.41) is 1.83. The predicted octanol–water partition coefficient (Wildman–Crippen LogP) is 2.40. The zero-order valence-electron chi connectivity index (χ0n) is 14.1. The van der Waals surface area contributed by atoms with E-state index >= 15 is 0 Å². The summed E-state index contributed by atoms with van der Waals surface area (Å²) in [5.41, 5.74) is 0.0155. The van der Waals surface area contributed by atoms with Crippen molar-refractivity contribution in [2.24, 2.45) is 0 Å². The molecule has 6 heteroatoms. The van der Waals surface area contributed by atoms with Gasteiger partial charge >= 0.3 is 6.09 Å². The number of likely N-dealkylation sites (tertiary alicyclic amines) is 1. The summed E-state index contributed by atoms with van der Waals surface area (Å²) in [6, 6.07) is 9.66.